The molecule has 0 saturated carbocycles. The van der Waals surface area contributed by atoms with E-state index in [1.54, 1.807) is 13.8 Å². The Morgan fingerprint density at radius 2 is 0.967 bits per heavy atom. The number of carbonyl (C=O) groups is 2. The highest BCUT2D eigenvalue weighted by atomic mass is 16.4. The fraction of sp³-hybridized carbons (Fsp3) is 0.846. The summed E-state index contributed by atoms with van der Waals surface area (Å²) < 4.78 is 0. The van der Waals surface area contributed by atoms with E-state index in [0.717, 1.165) is 12.8 Å². The standard InChI is InChI=1S/C22H42O2.C4H8O2/c1-2-3-4-5-6-7-8-9-10-11-12-13-14-15-16-17-18-19-20-21-22(23)24;1-3(2)4(5)6/h9-10H,2-8,11-21H2,1H3,(H,23,24);3H,1-2H3,(H,5,6). The predicted molar refractivity (Wildman–Crippen MR) is 128 cm³/mol. The zero-order valence-electron chi connectivity index (χ0n) is 20.2. The van der Waals surface area contributed by atoms with Gasteiger partial charge in [0.15, 0.2) is 0 Å². The smallest absolute Gasteiger partial charge is 0.305 e. The van der Waals surface area contributed by atoms with Crippen molar-refractivity contribution in [3.8, 4) is 0 Å². The molecule has 0 rings (SSSR count). The lowest BCUT2D eigenvalue weighted by atomic mass is 10.1. The molecule has 0 heterocycles. The van der Waals surface area contributed by atoms with Crippen molar-refractivity contribution in [2.75, 3.05) is 0 Å². The summed E-state index contributed by atoms with van der Waals surface area (Å²) in [6.45, 7) is 5.55. The molecule has 30 heavy (non-hydrogen) atoms. The molecule has 0 aromatic rings. The van der Waals surface area contributed by atoms with Crippen molar-refractivity contribution in [1.29, 1.82) is 0 Å². The van der Waals surface area contributed by atoms with E-state index < -0.39 is 11.9 Å². The van der Waals surface area contributed by atoms with Crippen LogP contribution in [0.1, 0.15) is 136 Å². The van der Waals surface area contributed by atoms with Gasteiger partial charge in [0.05, 0.1) is 5.92 Å². The van der Waals surface area contributed by atoms with Gasteiger partial charge < -0.3 is 10.2 Å². The molecule has 0 saturated heterocycles. The Bertz CT molecular complexity index is 402. The lowest BCUT2D eigenvalue weighted by Crippen LogP contribution is -2.03. The topological polar surface area (TPSA) is 74.6 Å². The molecule has 0 spiro atoms. The number of carboxylic acid groups (broad SMARTS) is 2. The van der Waals surface area contributed by atoms with Gasteiger partial charge in [0.2, 0.25) is 0 Å². The lowest BCUT2D eigenvalue weighted by Gasteiger charge is -2.01. The maximum Gasteiger partial charge on any atom is 0.305 e. The van der Waals surface area contributed by atoms with Crippen LogP contribution in [0.5, 0.6) is 0 Å². The number of hydrogen-bond acceptors (Lipinski definition) is 2. The molecule has 0 radical (unpaired) electrons. The molecule has 0 amide bonds. The van der Waals surface area contributed by atoms with E-state index in [4.69, 9.17) is 10.2 Å². The van der Waals surface area contributed by atoms with Crippen LogP contribution in [0.25, 0.3) is 0 Å². The molecular formula is C26H50O4. The highest BCUT2D eigenvalue weighted by molar-refractivity contribution is 5.68. The molecule has 4 heteroatoms. The lowest BCUT2D eigenvalue weighted by molar-refractivity contribution is -0.140. The van der Waals surface area contributed by atoms with Crippen LogP contribution in [0.3, 0.4) is 0 Å². The number of aliphatic carboxylic acids is 2. The third-order valence-electron chi connectivity index (χ3n) is 5.15. The maximum atomic E-state index is 10.4. The second-order valence-electron chi connectivity index (χ2n) is 8.64. The number of rotatable bonds is 20. The Kier molecular flexibility index (Phi) is 26.5. The first-order chi connectivity index (χ1) is 14.4. The molecule has 0 atom stereocenters. The van der Waals surface area contributed by atoms with Gasteiger partial charge in [-0.2, -0.15) is 0 Å². The number of carboxylic acids is 2. The first kappa shape index (κ1) is 30.9. The predicted octanol–water partition coefficient (Wildman–Crippen LogP) is 8.40. The van der Waals surface area contributed by atoms with Crippen LogP contribution >= 0.6 is 0 Å². The number of hydrogen-bond donors (Lipinski definition) is 2. The van der Waals surface area contributed by atoms with E-state index in [1.807, 2.05) is 0 Å². The van der Waals surface area contributed by atoms with E-state index in [9.17, 15) is 9.59 Å². The van der Waals surface area contributed by atoms with Crippen molar-refractivity contribution >= 4 is 11.9 Å². The maximum absolute atomic E-state index is 10.4. The highest BCUT2D eigenvalue weighted by Crippen LogP contribution is 2.12. The average Bonchev–Trinajstić information content (AvgIpc) is 2.70. The highest BCUT2D eigenvalue weighted by Gasteiger charge is 1.99. The minimum atomic E-state index is -0.741. The Labute approximate surface area is 186 Å². The van der Waals surface area contributed by atoms with Crippen LogP contribution in [-0.4, -0.2) is 22.2 Å². The third-order valence-corrected chi connectivity index (χ3v) is 5.15. The second-order valence-corrected chi connectivity index (χ2v) is 8.64. The van der Waals surface area contributed by atoms with Crippen LogP contribution in [0.15, 0.2) is 12.2 Å². The van der Waals surface area contributed by atoms with Crippen LogP contribution in [0, 0.1) is 5.92 Å². The summed E-state index contributed by atoms with van der Waals surface area (Å²) in [6, 6.07) is 0. The molecular weight excluding hydrogens is 376 g/mol. The zero-order valence-corrected chi connectivity index (χ0v) is 20.2. The monoisotopic (exact) mass is 426 g/mol. The summed E-state index contributed by atoms with van der Waals surface area (Å²) in [6.07, 6.45) is 27.1. The minimum Gasteiger partial charge on any atom is -0.481 e. The quantitative estimate of drug-likeness (QED) is 0.151. The summed E-state index contributed by atoms with van der Waals surface area (Å²) in [5.41, 5.74) is 0. The molecule has 0 fully saturated rings. The van der Waals surface area contributed by atoms with Crippen molar-refractivity contribution in [2.45, 2.75) is 136 Å². The van der Waals surface area contributed by atoms with E-state index in [2.05, 4.69) is 19.1 Å². The van der Waals surface area contributed by atoms with Crippen LogP contribution in [0.4, 0.5) is 0 Å². The molecule has 0 aromatic heterocycles. The van der Waals surface area contributed by atoms with Crippen molar-refractivity contribution < 1.29 is 19.8 Å². The first-order valence-corrected chi connectivity index (χ1v) is 12.5. The van der Waals surface area contributed by atoms with E-state index in [0.29, 0.717) is 6.42 Å². The fourth-order valence-electron chi connectivity index (χ4n) is 3.05. The molecule has 0 aliphatic heterocycles. The molecule has 0 bridgehead atoms. The van der Waals surface area contributed by atoms with Gasteiger partial charge in [-0.05, 0) is 32.1 Å². The molecule has 178 valence electrons. The molecule has 0 aliphatic carbocycles. The Balaban J connectivity index is 0. The van der Waals surface area contributed by atoms with Gasteiger partial charge in [0, 0.05) is 6.42 Å². The number of unbranched alkanes of at least 4 members (excludes halogenated alkanes) is 15. The van der Waals surface area contributed by atoms with E-state index in [1.165, 1.54) is 96.3 Å². The second kappa shape index (κ2) is 25.7. The SMILES string of the molecule is CC(C)C(=O)O.CCCCCCCCC=CCCCCCCCCCCCC(=O)O. The van der Waals surface area contributed by atoms with Crippen molar-refractivity contribution in [2.24, 2.45) is 5.92 Å². The summed E-state index contributed by atoms with van der Waals surface area (Å²) in [5.74, 6) is -1.63. The fourth-order valence-corrected chi connectivity index (χ4v) is 3.05. The van der Waals surface area contributed by atoms with Crippen LogP contribution < -0.4 is 0 Å². The first-order valence-electron chi connectivity index (χ1n) is 12.5. The molecule has 0 aliphatic rings. The van der Waals surface area contributed by atoms with Gasteiger partial charge in [-0.15, -0.1) is 0 Å². The van der Waals surface area contributed by atoms with E-state index >= 15 is 0 Å². The molecule has 4 nitrogen and oxygen atoms in total. The van der Waals surface area contributed by atoms with E-state index in [-0.39, 0.29) is 5.92 Å². The van der Waals surface area contributed by atoms with Gasteiger partial charge in [-0.3, -0.25) is 9.59 Å². The van der Waals surface area contributed by atoms with Crippen LogP contribution in [0.2, 0.25) is 0 Å². The van der Waals surface area contributed by atoms with Crippen LogP contribution in [-0.2, 0) is 9.59 Å². The summed E-state index contributed by atoms with van der Waals surface area (Å²) in [7, 11) is 0. The Hall–Kier alpha value is -1.32. The summed E-state index contributed by atoms with van der Waals surface area (Å²) in [4.78, 5) is 20.1. The van der Waals surface area contributed by atoms with Gasteiger partial charge in [-0.25, -0.2) is 0 Å². The van der Waals surface area contributed by atoms with Gasteiger partial charge >= 0.3 is 11.9 Å². The van der Waals surface area contributed by atoms with Crippen molar-refractivity contribution in [3.63, 3.8) is 0 Å². The van der Waals surface area contributed by atoms with Crippen molar-refractivity contribution in [1.82, 2.24) is 0 Å². The van der Waals surface area contributed by atoms with Gasteiger partial charge in [0.25, 0.3) is 0 Å². The minimum absolute atomic E-state index is 0.231. The zero-order chi connectivity index (χ0) is 22.9. The average molecular weight is 427 g/mol. The van der Waals surface area contributed by atoms with Crippen molar-refractivity contribution in [3.05, 3.63) is 12.2 Å². The normalized spacial score (nSPS) is 10.9. The van der Waals surface area contributed by atoms with Gasteiger partial charge in [-0.1, -0.05) is 110 Å². The molecule has 0 unspecified atom stereocenters. The van der Waals surface area contributed by atoms with Gasteiger partial charge in [0.1, 0.15) is 0 Å². The Morgan fingerprint density at radius 3 is 1.30 bits per heavy atom. The third kappa shape index (κ3) is 31.4. The molecule has 0 aromatic carbocycles. The summed E-state index contributed by atoms with van der Waals surface area (Å²) in [5, 5.41) is 16.5. The Morgan fingerprint density at radius 1 is 0.633 bits per heavy atom. The number of allylic oxidation sites excluding steroid dienone is 2. The molecule has 2 N–H and O–H groups in total. The summed E-state index contributed by atoms with van der Waals surface area (Å²) >= 11 is 0. The largest absolute Gasteiger partial charge is 0.481 e.